The predicted molar refractivity (Wildman–Crippen MR) is 112 cm³/mol. The molecule has 7 heteroatoms. The lowest BCUT2D eigenvalue weighted by Crippen LogP contribution is -2.38. The molecular weight excluding hydrogens is 390 g/mol. The van der Waals surface area contributed by atoms with Crippen LogP contribution in [-0.4, -0.2) is 49.5 Å². The highest BCUT2D eigenvalue weighted by Crippen LogP contribution is 2.28. The molecule has 3 rings (SSSR count). The minimum absolute atomic E-state index is 0.193. The van der Waals surface area contributed by atoms with Gasteiger partial charge in [0.25, 0.3) is 0 Å². The van der Waals surface area contributed by atoms with Crippen molar-refractivity contribution in [3.8, 4) is 11.5 Å². The molecule has 0 amide bonds. The maximum atomic E-state index is 13.3. The van der Waals surface area contributed by atoms with Crippen molar-refractivity contribution in [3.63, 3.8) is 0 Å². The number of piperidine rings is 1. The van der Waals surface area contributed by atoms with Gasteiger partial charge in [-0.05, 0) is 61.3 Å². The molecule has 0 unspecified atom stereocenters. The van der Waals surface area contributed by atoms with Gasteiger partial charge in [-0.3, -0.25) is 0 Å². The Hall–Kier alpha value is -2.22. The molecule has 2 aromatic rings. The fourth-order valence-electron chi connectivity index (χ4n) is 3.62. The number of benzene rings is 2. The van der Waals surface area contributed by atoms with Gasteiger partial charge in [-0.15, -0.1) is 0 Å². The van der Waals surface area contributed by atoms with Crippen LogP contribution in [0.15, 0.2) is 36.4 Å². The summed E-state index contributed by atoms with van der Waals surface area (Å²) in [6.07, 6.45) is 3.06. The maximum Gasteiger partial charge on any atom is 0.161 e. The van der Waals surface area contributed by atoms with Gasteiger partial charge in [0, 0.05) is 19.6 Å². The summed E-state index contributed by atoms with van der Waals surface area (Å²) in [4.78, 5) is 2.27. The molecule has 0 saturated carbocycles. The zero-order chi connectivity index (χ0) is 21.3. The van der Waals surface area contributed by atoms with Gasteiger partial charge in [0.05, 0.1) is 7.11 Å². The SMILES string of the molecule is COc1ccc(CNCc2ccc(F)c(F)c2)cc1OC[C@H](O)CN1CCCCC1. The van der Waals surface area contributed by atoms with Crippen LogP contribution in [0.1, 0.15) is 30.4 Å². The molecule has 164 valence electrons. The molecule has 2 aromatic carbocycles. The van der Waals surface area contributed by atoms with E-state index in [9.17, 15) is 13.9 Å². The lowest BCUT2D eigenvalue weighted by atomic mass is 10.1. The number of nitrogens with zero attached hydrogens (tertiary/aromatic N) is 1. The second-order valence-corrected chi connectivity index (χ2v) is 7.66. The normalized spacial score (nSPS) is 15.7. The number of β-amino-alcohol motifs (C(OH)–C–C–N with tert-alkyl or cyclic N) is 1. The van der Waals surface area contributed by atoms with Gasteiger partial charge in [0.1, 0.15) is 12.7 Å². The van der Waals surface area contributed by atoms with E-state index >= 15 is 0 Å². The molecule has 1 saturated heterocycles. The van der Waals surface area contributed by atoms with Crippen LogP contribution in [0.2, 0.25) is 0 Å². The Bertz CT molecular complexity index is 813. The molecule has 0 radical (unpaired) electrons. The summed E-state index contributed by atoms with van der Waals surface area (Å²) in [7, 11) is 1.58. The van der Waals surface area contributed by atoms with Crippen molar-refractivity contribution in [2.45, 2.75) is 38.5 Å². The average molecular weight is 421 g/mol. The number of hydrogen-bond acceptors (Lipinski definition) is 5. The quantitative estimate of drug-likeness (QED) is 0.616. The third-order valence-electron chi connectivity index (χ3n) is 5.22. The largest absolute Gasteiger partial charge is 0.493 e. The lowest BCUT2D eigenvalue weighted by Gasteiger charge is -2.28. The van der Waals surface area contributed by atoms with E-state index in [1.54, 1.807) is 13.2 Å². The third-order valence-corrected chi connectivity index (χ3v) is 5.22. The Morgan fingerprint density at radius 2 is 1.67 bits per heavy atom. The molecule has 0 aromatic heterocycles. The minimum Gasteiger partial charge on any atom is -0.493 e. The van der Waals surface area contributed by atoms with E-state index in [-0.39, 0.29) is 6.61 Å². The summed E-state index contributed by atoms with van der Waals surface area (Å²) in [5, 5.41) is 13.5. The van der Waals surface area contributed by atoms with Crippen LogP contribution in [-0.2, 0) is 13.1 Å². The summed E-state index contributed by atoms with van der Waals surface area (Å²) in [6, 6.07) is 9.47. The van der Waals surface area contributed by atoms with Crippen LogP contribution >= 0.6 is 0 Å². The van der Waals surface area contributed by atoms with Crippen LogP contribution in [0.3, 0.4) is 0 Å². The molecule has 1 aliphatic heterocycles. The molecule has 1 aliphatic rings. The monoisotopic (exact) mass is 420 g/mol. The highest BCUT2D eigenvalue weighted by Gasteiger charge is 2.16. The second kappa shape index (κ2) is 11.2. The van der Waals surface area contributed by atoms with E-state index in [0.29, 0.717) is 36.7 Å². The zero-order valence-electron chi connectivity index (χ0n) is 17.4. The van der Waals surface area contributed by atoms with Crippen molar-refractivity contribution in [1.29, 1.82) is 0 Å². The molecule has 0 spiro atoms. The highest BCUT2D eigenvalue weighted by molar-refractivity contribution is 5.43. The minimum atomic E-state index is -0.849. The predicted octanol–water partition coefficient (Wildman–Crippen LogP) is 3.49. The van der Waals surface area contributed by atoms with Crippen molar-refractivity contribution in [1.82, 2.24) is 10.2 Å². The number of aliphatic hydroxyl groups is 1. The van der Waals surface area contributed by atoms with Crippen molar-refractivity contribution in [3.05, 3.63) is 59.2 Å². The standard InChI is InChI=1S/C23H30F2N2O3/c1-29-22-8-6-18(14-26-13-17-5-7-20(24)21(25)11-17)12-23(22)30-16-19(28)15-27-9-3-2-4-10-27/h5-8,11-12,19,26,28H,2-4,9-10,13-16H2,1H3/t19-/m1/s1. The Balaban J connectivity index is 1.51. The Morgan fingerprint density at radius 3 is 2.37 bits per heavy atom. The molecule has 1 heterocycles. The van der Waals surface area contributed by atoms with Crippen LogP contribution in [0.5, 0.6) is 11.5 Å². The second-order valence-electron chi connectivity index (χ2n) is 7.66. The van der Waals surface area contributed by atoms with Crippen molar-refractivity contribution >= 4 is 0 Å². The number of rotatable bonds is 10. The molecule has 2 N–H and O–H groups in total. The zero-order valence-corrected chi connectivity index (χ0v) is 17.4. The van der Waals surface area contributed by atoms with E-state index in [4.69, 9.17) is 9.47 Å². The number of aliphatic hydroxyl groups excluding tert-OH is 1. The number of methoxy groups -OCH3 is 1. The van der Waals surface area contributed by atoms with E-state index < -0.39 is 17.7 Å². The first-order valence-corrected chi connectivity index (χ1v) is 10.4. The summed E-state index contributed by atoms with van der Waals surface area (Å²) in [5.74, 6) is -0.525. The molecular formula is C23H30F2N2O3. The van der Waals surface area contributed by atoms with Crippen LogP contribution in [0.25, 0.3) is 0 Å². The summed E-state index contributed by atoms with van der Waals surface area (Å²) < 4.78 is 37.5. The fraction of sp³-hybridized carbons (Fsp3) is 0.478. The molecule has 5 nitrogen and oxygen atoms in total. The topological polar surface area (TPSA) is 54.0 Å². The Kier molecular flexibility index (Phi) is 8.42. The van der Waals surface area contributed by atoms with Gasteiger partial charge < -0.3 is 24.8 Å². The third kappa shape index (κ3) is 6.65. The van der Waals surface area contributed by atoms with Gasteiger partial charge in [0.15, 0.2) is 23.1 Å². The molecule has 0 aliphatic carbocycles. The number of halogens is 2. The van der Waals surface area contributed by atoms with E-state index in [2.05, 4.69) is 10.2 Å². The first kappa shape index (κ1) is 22.5. The Morgan fingerprint density at radius 1 is 0.967 bits per heavy atom. The first-order chi connectivity index (χ1) is 14.5. The van der Waals surface area contributed by atoms with Gasteiger partial charge in [-0.2, -0.15) is 0 Å². The van der Waals surface area contributed by atoms with Crippen molar-refractivity contribution in [2.75, 3.05) is 33.4 Å². The van der Waals surface area contributed by atoms with Crippen LogP contribution in [0, 0.1) is 11.6 Å². The van der Waals surface area contributed by atoms with Gasteiger partial charge >= 0.3 is 0 Å². The van der Waals surface area contributed by atoms with Gasteiger partial charge in [-0.25, -0.2) is 8.78 Å². The highest BCUT2D eigenvalue weighted by atomic mass is 19.2. The number of ether oxygens (including phenoxy) is 2. The number of hydrogen-bond donors (Lipinski definition) is 2. The van der Waals surface area contributed by atoms with E-state index in [0.717, 1.165) is 24.7 Å². The summed E-state index contributed by atoms with van der Waals surface area (Å²) in [6.45, 7) is 3.79. The van der Waals surface area contributed by atoms with E-state index in [1.807, 2.05) is 18.2 Å². The van der Waals surface area contributed by atoms with E-state index in [1.165, 1.54) is 25.3 Å². The molecule has 0 bridgehead atoms. The number of nitrogens with one attached hydrogen (secondary N) is 1. The average Bonchev–Trinajstić information content (AvgIpc) is 2.75. The Labute approximate surface area is 176 Å². The van der Waals surface area contributed by atoms with Gasteiger partial charge in [-0.1, -0.05) is 18.6 Å². The smallest absolute Gasteiger partial charge is 0.161 e. The van der Waals surface area contributed by atoms with Crippen LogP contribution in [0.4, 0.5) is 8.78 Å². The fourth-order valence-corrected chi connectivity index (χ4v) is 3.62. The van der Waals surface area contributed by atoms with Crippen molar-refractivity contribution in [2.24, 2.45) is 0 Å². The number of likely N-dealkylation sites (tertiary alicyclic amines) is 1. The van der Waals surface area contributed by atoms with Crippen LogP contribution < -0.4 is 14.8 Å². The lowest BCUT2D eigenvalue weighted by molar-refractivity contribution is 0.0608. The van der Waals surface area contributed by atoms with Gasteiger partial charge in [0.2, 0.25) is 0 Å². The summed E-state index contributed by atoms with van der Waals surface area (Å²) >= 11 is 0. The summed E-state index contributed by atoms with van der Waals surface area (Å²) in [5.41, 5.74) is 1.62. The first-order valence-electron chi connectivity index (χ1n) is 10.4. The molecule has 1 atom stereocenters. The van der Waals surface area contributed by atoms with Crippen molar-refractivity contribution < 1.29 is 23.4 Å². The maximum absolute atomic E-state index is 13.3. The molecule has 1 fully saturated rings. The molecule has 30 heavy (non-hydrogen) atoms.